The van der Waals surface area contributed by atoms with E-state index in [4.69, 9.17) is 23.8 Å². The number of carbonyl (C=O) groups is 2. The summed E-state index contributed by atoms with van der Waals surface area (Å²) in [6, 6.07) is 25.7. The summed E-state index contributed by atoms with van der Waals surface area (Å²) < 4.78 is 0.585. The van der Waals surface area contributed by atoms with Gasteiger partial charge in [0.05, 0.1) is 4.91 Å². The summed E-state index contributed by atoms with van der Waals surface area (Å²) >= 11 is 12.8. The molecule has 4 aromatic carbocycles. The van der Waals surface area contributed by atoms with Crippen molar-refractivity contribution >= 4 is 85.0 Å². The largest absolute Gasteiger partial charge is 0.326 e. The van der Waals surface area contributed by atoms with Crippen LogP contribution in [0.15, 0.2) is 83.8 Å². The lowest BCUT2D eigenvalue weighted by molar-refractivity contribution is -0.122. The van der Waals surface area contributed by atoms with Gasteiger partial charge in [0, 0.05) is 23.7 Å². The van der Waals surface area contributed by atoms with Gasteiger partial charge in [0.15, 0.2) is 0 Å². The molecule has 0 atom stereocenters. The Balaban J connectivity index is 1.21. The quantitative estimate of drug-likeness (QED) is 0.105. The highest BCUT2D eigenvalue weighted by Crippen LogP contribution is 2.36. The summed E-state index contributed by atoms with van der Waals surface area (Å²) in [5.41, 5.74) is 1.78. The predicted molar refractivity (Wildman–Crippen MR) is 160 cm³/mol. The molecule has 1 heterocycles. The van der Waals surface area contributed by atoms with Crippen LogP contribution in [0.25, 0.3) is 27.6 Å². The predicted octanol–water partition coefficient (Wildman–Crippen LogP) is 8.05. The number of fused-ring (bicyclic) bond motifs is 2. The van der Waals surface area contributed by atoms with Crippen LogP contribution in [-0.2, 0) is 9.59 Å². The van der Waals surface area contributed by atoms with Crippen molar-refractivity contribution < 1.29 is 9.59 Å². The number of rotatable bonds is 8. The highest BCUT2D eigenvalue weighted by molar-refractivity contribution is 8.26. The Hall–Kier alpha value is -3.19. The number of amides is 2. The van der Waals surface area contributed by atoms with Gasteiger partial charge in [0.2, 0.25) is 5.91 Å². The Morgan fingerprint density at radius 1 is 0.919 bits per heavy atom. The molecule has 2 amide bonds. The zero-order chi connectivity index (χ0) is 25.8. The van der Waals surface area contributed by atoms with Crippen molar-refractivity contribution in [3.63, 3.8) is 0 Å². The number of halogens is 1. The first-order valence-electron chi connectivity index (χ1n) is 12.2. The van der Waals surface area contributed by atoms with Crippen molar-refractivity contribution in [1.82, 2.24) is 4.90 Å². The van der Waals surface area contributed by atoms with Crippen molar-refractivity contribution in [1.29, 1.82) is 0 Å². The van der Waals surface area contributed by atoms with Crippen molar-refractivity contribution in [3.8, 4) is 0 Å². The lowest BCUT2D eigenvalue weighted by atomic mass is 9.96. The summed E-state index contributed by atoms with van der Waals surface area (Å²) in [4.78, 5) is 27.8. The fourth-order valence-corrected chi connectivity index (χ4v) is 5.93. The number of thioether (sulfide) groups is 1. The third-order valence-electron chi connectivity index (χ3n) is 6.38. The van der Waals surface area contributed by atoms with E-state index in [9.17, 15) is 9.59 Å². The molecule has 5 rings (SSSR count). The summed E-state index contributed by atoms with van der Waals surface area (Å²) in [5, 5.41) is 8.02. The topological polar surface area (TPSA) is 49.4 Å². The molecule has 0 spiro atoms. The molecule has 1 aliphatic heterocycles. The second kappa shape index (κ2) is 11.5. The zero-order valence-electron chi connectivity index (χ0n) is 20.1. The minimum absolute atomic E-state index is 0.0295. The Bertz CT molecular complexity index is 1480. The highest BCUT2D eigenvalue weighted by Gasteiger charge is 2.31. The molecule has 1 saturated heterocycles. The van der Waals surface area contributed by atoms with Crippen LogP contribution in [0.2, 0.25) is 5.02 Å². The molecule has 186 valence electrons. The van der Waals surface area contributed by atoms with E-state index in [2.05, 4.69) is 35.6 Å². The molecule has 0 aliphatic carbocycles. The Kier molecular flexibility index (Phi) is 7.89. The Morgan fingerprint density at radius 3 is 2.24 bits per heavy atom. The lowest BCUT2D eigenvalue weighted by Gasteiger charge is -2.14. The standard InChI is InChI=1S/C30H25ClN2O2S2/c31-22-13-15-23(16-14-22)32-28(34)12-2-1-7-17-33-29(35)27(37-30(33)36)19-26-24-10-5-3-8-20(24)18-21-9-4-6-11-25(21)26/h3-6,8-11,13-16,18-19H,1-2,7,12,17H2,(H,32,34)/b27-19-. The van der Waals surface area contributed by atoms with Crippen LogP contribution in [-0.4, -0.2) is 27.6 Å². The van der Waals surface area contributed by atoms with Gasteiger partial charge in [-0.25, -0.2) is 0 Å². The van der Waals surface area contributed by atoms with Crippen molar-refractivity contribution in [2.24, 2.45) is 0 Å². The number of anilines is 1. The molecule has 0 unspecified atom stereocenters. The molecule has 0 bridgehead atoms. The smallest absolute Gasteiger partial charge is 0.266 e. The van der Waals surface area contributed by atoms with E-state index in [0.717, 1.165) is 52.1 Å². The van der Waals surface area contributed by atoms with E-state index in [1.165, 1.54) is 11.8 Å². The number of nitrogens with zero attached hydrogens (tertiary/aromatic N) is 1. The average molecular weight is 545 g/mol. The number of hydrogen-bond acceptors (Lipinski definition) is 4. The van der Waals surface area contributed by atoms with E-state index >= 15 is 0 Å². The molecule has 37 heavy (non-hydrogen) atoms. The van der Waals surface area contributed by atoms with Crippen molar-refractivity contribution in [3.05, 3.63) is 94.4 Å². The number of hydrogen-bond donors (Lipinski definition) is 1. The lowest BCUT2D eigenvalue weighted by Crippen LogP contribution is -2.29. The second-order valence-electron chi connectivity index (χ2n) is 8.93. The first kappa shape index (κ1) is 25.5. The number of carbonyl (C=O) groups excluding carboxylic acids is 2. The molecule has 0 aromatic heterocycles. The number of thiocarbonyl (C=S) groups is 1. The van der Waals surface area contributed by atoms with Gasteiger partial charge < -0.3 is 5.32 Å². The van der Waals surface area contributed by atoms with Gasteiger partial charge in [-0.2, -0.15) is 0 Å². The van der Waals surface area contributed by atoms with E-state index in [-0.39, 0.29) is 11.8 Å². The maximum atomic E-state index is 13.3. The summed E-state index contributed by atoms with van der Waals surface area (Å²) in [7, 11) is 0. The van der Waals surface area contributed by atoms with Gasteiger partial charge in [-0.3, -0.25) is 14.5 Å². The van der Waals surface area contributed by atoms with Crippen LogP contribution >= 0.6 is 35.6 Å². The molecule has 1 N–H and O–H groups in total. The molecule has 1 fully saturated rings. The Labute approximate surface area is 230 Å². The first-order chi connectivity index (χ1) is 18.0. The number of benzene rings is 4. The van der Waals surface area contributed by atoms with Crippen LogP contribution in [0.4, 0.5) is 5.69 Å². The summed E-state index contributed by atoms with van der Waals surface area (Å²) in [6.07, 6.45) is 4.77. The molecular formula is C30H25ClN2O2S2. The molecule has 4 aromatic rings. The van der Waals surface area contributed by atoms with E-state index in [0.29, 0.717) is 27.2 Å². The third kappa shape index (κ3) is 5.87. The van der Waals surface area contributed by atoms with Crippen LogP contribution in [0, 0.1) is 0 Å². The van der Waals surface area contributed by atoms with Gasteiger partial charge in [0.25, 0.3) is 5.91 Å². The van der Waals surface area contributed by atoms with Crippen molar-refractivity contribution in [2.75, 3.05) is 11.9 Å². The monoisotopic (exact) mass is 544 g/mol. The Morgan fingerprint density at radius 2 is 1.57 bits per heavy atom. The first-order valence-corrected chi connectivity index (χ1v) is 13.8. The fourth-order valence-electron chi connectivity index (χ4n) is 4.52. The minimum Gasteiger partial charge on any atom is -0.326 e. The minimum atomic E-state index is -0.0486. The maximum absolute atomic E-state index is 13.3. The zero-order valence-corrected chi connectivity index (χ0v) is 22.5. The second-order valence-corrected chi connectivity index (χ2v) is 11.0. The van der Waals surface area contributed by atoms with Crippen LogP contribution in [0.1, 0.15) is 31.2 Å². The van der Waals surface area contributed by atoms with Gasteiger partial charge in [-0.1, -0.05) is 90.5 Å². The summed E-state index contributed by atoms with van der Waals surface area (Å²) in [5.74, 6) is -0.0781. The van der Waals surface area contributed by atoms with Crippen LogP contribution in [0.5, 0.6) is 0 Å². The van der Waals surface area contributed by atoms with E-state index < -0.39 is 0 Å². The molecular weight excluding hydrogens is 520 g/mol. The summed E-state index contributed by atoms with van der Waals surface area (Å²) in [6.45, 7) is 0.553. The highest BCUT2D eigenvalue weighted by atomic mass is 35.5. The number of nitrogens with one attached hydrogen (secondary N) is 1. The van der Waals surface area contributed by atoms with Gasteiger partial charge in [-0.15, -0.1) is 0 Å². The third-order valence-corrected chi connectivity index (χ3v) is 8.01. The maximum Gasteiger partial charge on any atom is 0.266 e. The molecule has 1 aliphatic rings. The fraction of sp³-hybridized carbons (Fsp3) is 0.167. The van der Waals surface area contributed by atoms with Gasteiger partial charge in [-0.05, 0) is 76.4 Å². The normalized spacial score (nSPS) is 14.7. The van der Waals surface area contributed by atoms with Crippen LogP contribution < -0.4 is 5.32 Å². The van der Waals surface area contributed by atoms with Gasteiger partial charge >= 0.3 is 0 Å². The average Bonchev–Trinajstić information content (AvgIpc) is 3.17. The van der Waals surface area contributed by atoms with E-state index in [1.807, 2.05) is 30.3 Å². The molecule has 0 radical (unpaired) electrons. The molecule has 0 saturated carbocycles. The van der Waals surface area contributed by atoms with Crippen molar-refractivity contribution in [2.45, 2.75) is 25.7 Å². The molecule has 4 nitrogen and oxygen atoms in total. The van der Waals surface area contributed by atoms with E-state index in [1.54, 1.807) is 29.2 Å². The van der Waals surface area contributed by atoms with Gasteiger partial charge in [0.1, 0.15) is 4.32 Å². The molecule has 7 heteroatoms. The van der Waals surface area contributed by atoms with Crippen LogP contribution in [0.3, 0.4) is 0 Å². The number of unbranched alkanes of at least 4 members (excludes halogenated alkanes) is 2. The SMILES string of the molecule is O=C(CCCCCN1C(=O)/C(=C/c2c3ccccc3cc3ccccc23)SC1=S)Nc1ccc(Cl)cc1.